The Morgan fingerprint density at radius 3 is 1.93 bits per heavy atom. The molecule has 30 heavy (non-hydrogen) atoms. The molecule has 5 N–H and O–H groups in total. The Balaban J connectivity index is 2.06. The van der Waals surface area contributed by atoms with Gasteiger partial charge in [-0.1, -0.05) is 60.7 Å². The van der Waals surface area contributed by atoms with Crippen LogP contribution in [0.2, 0.25) is 0 Å². The molecule has 0 aliphatic heterocycles. The Labute approximate surface area is 173 Å². The molecule has 9 nitrogen and oxygen atoms in total. The van der Waals surface area contributed by atoms with Gasteiger partial charge in [0.05, 0.1) is 0 Å². The van der Waals surface area contributed by atoms with Gasteiger partial charge in [-0.05, 0) is 11.1 Å². The van der Waals surface area contributed by atoms with Gasteiger partial charge in [-0.15, -0.1) is 0 Å². The van der Waals surface area contributed by atoms with Crippen molar-refractivity contribution in [3.63, 3.8) is 0 Å². The molecule has 0 saturated carbocycles. The van der Waals surface area contributed by atoms with E-state index in [0.717, 1.165) is 11.1 Å². The summed E-state index contributed by atoms with van der Waals surface area (Å²) in [5, 5.41) is 31.9. The Bertz CT molecular complexity index is 828. The first-order chi connectivity index (χ1) is 14.3. The fraction of sp³-hybridized carbons (Fsp3) is 0.286. The predicted octanol–water partition coefficient (Wildman–Crippen LogP) is 0.794. The minimum absolute atomic E-state index is 0.000799. The van der Waals surface area contributed by atoms with Crippen molar-refractivity contribution in [1.82, 2.24) is 10.6 Å². The molecular formula is C21H24N2O7. The summed E-state index contributed by atoms with van der Waals surface area (Å²) in [5.41, 5.74) is 1.50. The Morgan fingerprint density at radius 1 is 0.833 bits per heavy atom. The number of aliphatic hydroxyl groups is 2. The van der Waals surface area contributed by atoms with Gasteiger partial charge in [0.1, 0.15) is 18.7 Å². The third-order valence-corrected chi connectivity index (χ3v) is 4.17. The Hall–Kier alpha value is -3.43. The number of ether oxygens (including phenoxy) is 1. The number of amides is 2. The van der Waals surface area contributed by atoms with Gasteiger partial charge >= 0.3 is 12.1 Å². The fourth-order valence-electron chi connectivity index (χ4n) is 2.67. The number of nitrogens with one attached hydrogen (secondary N) is 2. The lowest BCUT2D eigenvalue weighted by Gasteiger charge is -2.22. The molecule has 0 unspecified atom stereocenters. The molecule has 2 atom stereocenters. The number of carbonyl (C=O) groups excluding carboxylic acids is 2. The molecule has 0 spiro atoms. The molecule has 2 amide bonds. The fourth-order valence-corrected chi connectivity index (χ4v) is 2.67. The lowest BCUT2D eigenvalue weighted by molar-refractivity contribution is -0.145. The largest absolute Gasteiger partial charge is 0.480 e. The summed E-state index contributed by atoms with van der Waals surface area (Å²) in [6, 6.07) is 15.1. The summed E-state index contributed by atoms with van der Waals surface area (Å²) < 4.78 is 5.14. The average molecular weight is 416 g/mol. The molecule has 0 fully saturated rings. The predicted molar refractivity (Wildman–Crippen MR) is 106 cm³/mol. The molecular weight excluding hydrogens is 392 g/mol. The van der Waals surface area contributed by atoms with Gasteiger partial charge in [0.15, 0.2) is 6.29 Å². The molecule has 0 saturated heterocycles. The van der Waals surface area contributed by atoms with E-state index < -0.39 is 42.8 Å². The van der Waals surface area contributed by atoms with E-state index in [4.69, 9.17) is 14.9 Å². The first-order valence-corrected chi connectivity index (χ1v) is 9.25. The third kappa shape index (κ3) is 7.90. The van der Waals surface area contributed by atoms with Crippen molar-refractivity contribution >= 4 is 18.0 Å². The van der Waals surface area contributed by atoms with Crippen molar-refractivity contribution in [1.29, 1.82) is 0 Å². The van der Waals surface area contributed by atoms with E-state index in [1.807, 2.05) is 6.07 Å². The van der Waals surface area contributed by atoms with Gasteiger partial charge in [0, 0.05) is 12.8 Å². The number of carboxylic acids is 1. The summed E-state index contributed by atoms with van der Waals surface area (Å²) >= 11 is 0. The zero-order valence-electron chi connectivity index (χ0n) is 16.1. The Morgan fingerprint density at radius 2 is 1.40 bits per heavy atom. The van der Waals surface area contributed by atoms with Crippen molar-refractivity contribution in [2.45, 2.75) is 37.8 Å². The van der Waals surface area contributed by atoms with Crippen molar-refractivity contribution in [2.24, 2.45) is 0 Å². The summed E-state index contributed by atoms with van der Waals surface area (Å²) in [6.45, 7) is 0.000799. The maximum Gasteiger partial charge on any atom is 0.408 e. The van der Waals surface area contributed by atoms with Gasteiger partial charge in [0.2, 0.25) is 5.91 Å². The highest BCUT2D eigenvalue weighted by Crippen LogP contribution is 2.07. The molecule has 0 aliphatic rings. The molecule has 0 aliphatic carbocycles. The molecule has 2 aromatic carbocycles. The molecule has 2 rings (SSSR count). The van der Waals surface area contributed by atoms with E-state index >= 15 is 0 Å². The molecule has 0 bridgehead atoms. The van der Waals surface area contributed by atoms with Gasteiger partial charge in [-0.2, -0.15) is 0 Å². The van der Waals surface area contributed by atoms with E-state index in [9.17, 15) is 19.5 Å². The number of carboxylic acid groups (broad SMARTS) is 1. The van der Waals surface area contributed by atoms with Crippen molar-refractivity contribution in [2.75, 3.05) is 0 Å². The average Bonchev–Trinajstić information content (AvgIpc) is 2.72. The topological polar surface area (TPSA) is 145 Å². The van der Waals surface area contributed by atoms with E-state index in [2.05, 4.69) is 10.6 Å². The van der Waals surface area contributed by atoms with E-state index in [-0.39, 0.29) is 13.0 Å². The number of hydrogen-bond acceptors (Lipinski definition) is 6. The lowest BCUT2D eigenvalue weighted by atomic mass is 10.0. The smallest absolute Gasteiger partial charge is 0.408 e. The van der Waals surface area contributed by atoms with Crippen molar-refractivity contribution < 1.29 is 34.4 Å². The second kappa shape index (κ2) is 11.5. The monoisotopic (exact) mass is 416 g/mol. The van der Waals surface area contributed by atoms with Crippen LogP contribution in [0, 0.1) is 0 Å². The van der Waals surface area contributed by atoms with Crippen molar-refractivity contribution in [3.05, 3.63) is 71.8 Å². The maximum absolute atomic E-state index is 12.6. The van der Waals surface area contributed by atoms with Crippen LogP contribution in [0.15, 0.2) is 60.7 Å². The lowest BCUT2D eigenvalue weighted by Crippen LogP contribution is -2.53. The maximum atomic E-state index is 12.6. The molecule has 160 valence electrons. The first kappa shape index (κ1) is 22.9. The van der Waals surface area contributed by atoms with Crippen LogP contribution in [0.4, 0.5) is 4.79 Å². The van der Waals surface area contributed by atoms with E-state index in [1.165, 1.54) is 0 Å². The number of aliphatic carboxylic acids is 1. The van der Waals surface area contributed by atoms with Crippen LogP contribution in [0.3, 0.4) is 0 Å². The summed E-state index contributed by atoms with van der Waals surface area (Å²) in [7, 11) is 0. The summed E-state index contributed by atoms with van der Waals surface area (Å²) in [5.74, 6) is -2.22. The molecule has 0 heterocycles. The number of carbonyl (C=O) groups is 3. The normalized spacial score (nSPS) is 12.6. The molecule has 0 aromatic heterocycles. The zero-order valence-corrected chi connectivity index (χ0v) is 16.1. The van der Waals surface area contributed by atoms with Crippen LogP contribution in [0.5, 0.6) is 0 Å². The van der Waals surface area contributed by atoms with Crippen molar-refractivity contribution in [3.8, 4) is 0 Å². The van der Waals surface area contributed by atoms with Gasteiger partial charge in [-0.25, -0.2) is 9.59 Å². The third-order valence-electron chi connectivity index (χ3n) is 4.17. The molecule has 0 radical (unpaired) electrons. The highest BCUT2D eigenvalue weighted by atomic mass is 16.5. The van der Waals surface area contributed by atoms with Gasteiger partial charge in [-0.3, -0.25) is 4.79 Å². The zero-order chi connectivity index (χ0) is 21.9. The number of alkyl carbamates (subject to hydrolysis) is 1. The van der Waals surface area contributed by atoms with Crippen LogP contribution < -0.4 is 10.6 Å². The summed E-state index contributed by atoms with van der Waals surface area (Å²) in [4.78, 5) is 36.1. The van der Waals surface area contributed by atoms with E-state index in [0.29, 0.717) is 0 Å². The minimum atomic E-state index is -1.91. The van der Waals surface area contributed by atoms with Crippen LogP contribution >= 0.6 is 0 Å². The van der Waals surface area contributed by atoms with Gasteiger partial charge in [0.25, 0.3) is 0 Å². The first-order valence-electron chi connectivity index (χ1n) is 9.25. The van der Waals surface area contributed by atoms with Crippen LogP contribution in [-0.2, 0) is 27.4 Å². The van der Waals surface area contributed by atoms with Crippen LogP contribution in [0.25, 0.3) is 0 Å². The van der Waals surface area contributed by atoms with E-state index in [1.54, 1.807) is 54.6 Å². The van der Waals surface area contributed by atoms with Gasteiger partial charge < -0.3 is 30.7 Å². The standard InChI is InChI=1S/C21H24N2O7/c24-18(25)12-17(20(27)28)22-19(26)16(11-14-7-3-1-4-8-14)23-21(29)30-13-15-9-5-2-6-10-15/h1-10,16-18,24-25H,11-13H2,(H,22,26)(H,23,29)(H,27,28)/t16-,17-/m0/s1. The Kier molecular flexibility index (Phi) is 8.79. The SMILES string of the molecule is O=C(N[C@@H](Cc1ccccc1)C(=O)N[C@@H](CC(O)O)C(=O)O)OCc1ccccc1. The van der Waals surface area contributed by atoms with Crippen LogP contribution in [-0.4, -0.2) is 51.7 Å². The number of rotatable bonds is 10. The molecule has 9 heteroatoms. The second-order valence-corrected chi connectivity index (χ2v) is 6.56. The van der Waals surface area contributed by atoms with Crippen LogP contribution in [0.1, 0.15) is 17.5 Å². The highest BCUT2D eigenvalue weighted by molar-refractivity contribution is 5.89. The molecule has 2 aromatic rings. The number of hydrogen-bond donors (Lipinski definition) is 5. The minimum Gasteiger partial charge on any atom is -0.480 e. The highest BCUT2D eigenvalue weighted by Gasteiger charge is 2.28. The number of benzene rings is 2. The quantitative estimate of drug-likeness (QED) is 0.360. The second-order valence-electron chi connectivity index (χ2n) is 6.56. The summed E-state index contributed by atoms with van der Waals surface area (Å²) in [6.07, 6.45) is -3.27. The number of aliphatic hydroxyl groups excluding tert-OH is 1.